The molecule has 1 unspecified atom stereocenters. The second-order valence-corrected chi connectivity index (χ2v) is 5.48. The van der Waals surface area contributed by atoms with Gasteiger partial charge in [-0.05, 0) is 60.5 Å². The number of halogens is 1. The number of hydrogen-bond acceptors (Lipinski definition) is 2. The van der Waals surface area contributed by atoms with E-state index in [9.17, 15) is 4.79 Å². The van der Waals surface area contributed by atoms with Gasteiger partial charge in [0.05, 0.1) is 5.56 Å². The van der Waals surface area contributed by atoms with Gasteiger partial charge < -0.3 is 10.6 Å². The Bertz CT molecular complexity index is 389. The molecular formula is C13H17IN2O. The SMILES string of the molecule is O=C(NCCC1CCCN1)c1ccccc1I. The van der Waals surface area contributed by atoms with Crippen molar-refractivity contribution in [2.45, 2.75) is 25.3 Å². The maximum Gasteiger partial charge on any atom is 0.252 e. The van der Waals surface area contributed by atoms with Crippen molar-refractivity contribution in [3.8, 4) is 0 Å². The van der Waals surface area contributed by atoms with E-state index in [-0.39, 0.29) is 5.91 Å². The molecule has 1 aromatic carbocycles. The fourth-order valence-electron chi connectivity index (χ4n) is 2.10. The summed E-state index contributed by atoms with van der Waals surface area (Å²) >= 11 is 2.19. The minimum absolute atomic E-state index is 0.0352. The Hall–Kier alpha value is -0.620. The second-order valence-electron chi connectivity index (χ2n) is 4.32. The summed E-state index contributed by atoms with van der Waals surface area (Å²) in [4.78, 5) is 11.9. The molecule has 1 aliphatic rings. The Morgan fingerprint density at radius 3 is 3.00 bits per heavy atom. The molecule has 1 atom stereocenters. The van der Waals surface area contributed by atoms with Crippen molar-refractivity contribution in [3.63, 3.8) is 0 Å². The third kappa shape index (κ3) is 3.67. The van der Waals surface area contributed by atoms with E-state index in [1.54, 1.807) is 0 Å². The molecule has 2 N–H and O–H groups in total. The molecule has 1 saturated heterocycles. The van der Waals surface area contributed by atoms with Crippen LogP contribution >= 0.6 is 22.6 Å². The summed E-state index contributed by atoms with van der Waals surface area (Å²) in [6, 6.07) is 8.25. The molecule has 0 saturated carbocycles. The molecule has 1 heterocycles. The predicted molar refractivity (Wildman–Crippen MR) is 77.1 cm³/mol. The summed E-state index contributed by atoms with van der Waals surface area (Å²) in [6.07, 6.45) is 3.52. The molecular weight excluding hydrogens is 327 g/mol. The monoisotopic (exact) mass is 344 g/mol. The zero-order chi connectivity index (χ0) is 12.1. The van der Waals surface area contributed by atoms with E-state index in [1.807, 2.05) is 24.3 Å². The van der Waals surface area contributed by atoms with Crippen LogP contribution in [0.3, 0.4) is 0 Å². The summed E-state index contributed by atoms with van der Waals surface area (Å²) in [5, 5.41) is 6.41. The van der Waals surface area contributed by atoms with Crippen LogP contribution in [0.15, 0.2) is 24.3 Å². The fourth-order valence-corrected chi connectivity index (χ4v) is 2.74. The molecule has 0 radical (unpaired) electrons. The van der Waals surface area contributed by atoms with Gasteiger partial charge >= 0.3 is 0 Å². The zero-order valence-electron chi connectivity index (χ0n) is 9.71. The minimum atomic E-state index is 0.0352. The Balaban J connectivity index is 1.79. The molecule has 0 aromatic heterocycles. The lowest BCUT2D eigenvalue weighted by Gasteiger charge is -2.11. The molecule has 0 bridgehead atoms. The average molecular weight is 344 g/mol. The van der Waals surface area contributed by atoms with Crippen LogP contribution in [0.1, 0.15) is 29.6 Å². The van der Waals surface area contributed by atoms with Gasteiger partial charge in [-0.25, -0.2) is 0 Å². The van der Waals surface area contributed by atoms with Crippen LogP contribution in [0.5, 0.6) is 0 Å². The average Bonchev–Trinajstić information content (AvgIpc) is 2.82. The van der Waals surface area contributed by atoms with Crippen molar-refractivity contribution in [2.24, 2.45) is 0 Å². The predicted octanol–water partition coefficient (Wildman–Crippen LogP) is 2.16. The zero-order valence-corrected chi connectivity index (χ0v) is 11.9. The van der Waals surface area contributed by atoms with Gasteiger partial charge in [0.25, 0.3) is 5.91 Å². The van der Waals surface area contributed by atoms with Crippen molar-refractivity contribution < 1.29 is 4.79 Å². The van der Waals surface area contributed by atoms with Crippen LogP contribution in [-0.2, 0) is 0 Å². The maximum atomic E-state index is 11.9. The highest BCUT2D eigenvalue weighted by atomic mass is 127. The lowest BCUT2D eigenvalue weighted by molar-refractivity contribution is 0.0951. The summed E-state index contributed by atoms with van der Waals surface area (Å²) in [5.41, 5.74) is 0.771. The fraction of sp³-hybridized carbons (Fsp3) is 0.462. The first kappa shape index (κ1) is 12.8. The first-order valence-corrected chi connectivity index (χ1v) is 7.11. The number of hydrogen-bond donors (Lipinski definition) is 2. The maximum absolute atomic E-state index is 11.9. The summed E-state index contributed by atoms with van der Waals surface area (Å²) in [6.45, 7) is 1.87. The van der Waals surface area contributed by atoms with E-state index < -0.39 is 0 Å². The largest absolute Gasteiger partial charge is 0.352 e. The minimum Gasteiger partial charge on any atom is -0.352 e. The highest BCUT2D eigenvalue weighted by Crippen LogP contribution is 2.11. The van der Waals surface area contributed by atoms with E-state index in [0.717, 1.165) is 28.6 Å². The number of nitrogens with one attached hydrogen (secondary N) is 2. The lowest BCUT2D eigenvalue weighted by Crippen LogP contribution is -2.30. The first-order chi connectivity index (χ1) is 8.27. The van der Waals surface area contributed by atoms with Gasteiger partial charge in [-0.3, -0.25) is 4.79 Å². The summed E-state index contributed by atoms with van der Waals surface area (Å²) < 4.78 is 1.00. The van der Waals surface area contributed by atoms with Gasteiger partial charge in [-0.15, -0.1) is 0 Å². The number of amides is 1. The Labute approximate surface area is 116 Å². The van der Waals surface area contributed by atoms with Crippen molar-refractivity contribution in [3.05, 3.63) is 33.4 Å². The van der Waals surface area contributed by atoms with Gasteiger partial charge in [-0.1, -0.05) is 12.1 Å². The molecule has 1 aromatic rings. The van der Waals surface area contributed by atoms with E-state index in [2.05, 4.69) is 33.2 Å². The topological polar surface area (TPSA) is 41.1 Å². The standard InChI is InChI=1S/C13H17IN2O/c14-12-6-2-1-5-11(12)13(17)16-9-7-10-4-3-8-15-10/h1-2,5-6,10,15H,3-4,7-9H2,(H,16,17). The van der Waals surface area contributed by atoms with Crippen molar-refractivity contribution >= 4 is 28.5 Å². The third-order valence-corrected chi connectivity index (χ3v) is 4.00. The van der Waals surface area contributed by atoms with Crippen LogP contribution in [0.25, 0.3) is 0 Å². The first-order valence-electron chi connectivity index (χ1n) is 6.03. The molecule has 0 spiro atoms. The van der Waals surface area contributed by atoms with Gasteiger partial charge in [0, 0.05) is 16.2 Å². The highest BCUT2D eigenvalue weighted by Gasteiger charge is 2.14. The molecule has 2 rings (SSSR count). The molecule has 1 fully saturated rings. The van der Waals surface area contributed by atoms with E-state index in [1.165, 1.54) is 12.8 Å². The highest BCUT2D eigenvalue weighted by molar-refractivity contribution is 14.1. The van der Waals surface area contributed by atoms with Gasteiger partial charge in [0.1, 0.15) is 0 Å². The molecule has 0 aliphatic carbocycles. The van der Waals surface area contributed by atoms with Crippen molar-refractivity contribution in [2.75, 3.05) is 13.1 Å². The molecule has 4 heteroatoms. The van der Waals surface area contributed by atoms with Crippen LogP contribution in [0.4, 0.5) is 0 Å². The smallest absolute Gasteiger partial charge is 0.252 e. The Morgan fingerprint density at radius 2 is 2.29 bits per heavy atom. The molecule has 1 amide bonds. The Kier molecular flexibility index (Phi) is 4.79. The summed E-state index contributed by atoms with van der Waals surface area (Å²) in [5.74, 6) is 0.0352. The van der Waals surface area contributed by atoms with E-state index >= 15 is 0 Å². The summed E-state index contributed by atoms with van der Waals surface area (Å²) in [7, 11) is 0. The van der Waals surface area contributed by atoms with Crippen molar-refractivity contribution in [1.82, 2.24) is 10.6 Å². The van der Waals surface area contributed by atoms with Gasteiger partial charge in [0.2, 0.25) is 0 Å². The Morgan fingerprint density at radius 1 is 1.47 bits per heavy atom. The lowest BCUT2D eigenvalue weighted by atomic mass is 10.1. The van der Waals surface area contributed by atoms with Gasteiger partial charge in [-0.2, -0.15) is 0 Å². The second kappa shape index (κ2) is 6.35. The molecule has 1 aliphatic heterocycles. The normalized spacial score (nSPS) is 19.2. The molecule has 17 heavy (non-hydrogen) atoms. The molecule has 3 nitrogen and oxygen atoms in total. The molecule has 92 valence electrons. The number of carbonyl (C=O) groups is 1. The number of carbonyl (C=O) groups excluding carboxylic acids is 1. The van der Waals surface area contributed by atoms with Crippen LogP contribution < -0.4 is 10.6 Å². The third-order valence-electron chi connectivity index (χ3n) is 3.06. The van der Waals surface area contributed by atoms with Crippen LogP contribution in [-0.4, -0.2) is 25.0 Å². The van der Waals surface area contributed by atoms with Crippen molar-refractivity contribution in [1.29, 1.82) is 0 Å². The number of benzene rings is 1. The van der Waals surface area contributed by atoms with Crippen LogP contribution in [0.2, 0.25) is 0 Å². The number of rotatable bonds is 4. The van der Waals surface area contributed by atoms with E-state index in [0.29, 0.717) is 6.04 Å². The van der Waals surface area contributed by atoms with E-state index in [4.69, 9.17) is 0 Å². The van der Waals surface area contributed by atoms with Crippen LogP contribution in [0, 0.1) is 3.57 Å². The van der Waals surface area contributed by atoms with Gasteiger partial charge in [0.15, 0.2) is 0 Å². The quantitative estimate of drug-likeness (QED) is 0.822.